The zero-order chi connectivity index (χ0) is 12.3. The van der Waals surface area contributed by atoms with Gasteiger partial charge >= 0.3 is 0 Å². The molecular formula is C11H21N5O. The van der Waals surface area contributed by atoms with E-state index in [0.717, 1.165) is 18.9 Å². The minimum atomic E-state index is 0.270. The van der Waals surface area contributed by atoms with Crippen LogP contribution in [0.15, 0.2) is 0 Å². The van der Waals surface area contributed by atoms with Crippen LogP contribution in [0.4, 0.5) is 0 Å². The Balaban J connectivity index is 1.98. The summed E-state index contributed by atoms with van der Waals surface area (Å²) >= 11 is 0. The van der Waals surface area contributed by atoms with Crippen LogP contribution in [0.2, 0.25) is 0 Å². The molecule has 17 heavy (non-hydrogen) atoms. The first-order valence-corrected chi connectivity index (χ1v) is 6.26. The first kappa shape index (κ1) is 12.4. The van der Waals surface area contributed by atoms with Gasteiger partial charge in [-0.1, -0.05) is 0 Å². The maximum absolute atomic E-state index is 5.85. The number of hydrogen-bond acceptors (Lipinski definition) is 5. The zero-order valence-corrected chi connectivity index (χ0v) is 10.8. The smallest absolute Gasteiger partial charge is 0.176 e. The van der Waals surface area contributed by atoms with Gasteiger partial charge in [-0.25, -0.2) is 0 Å². The van der Waals surface area contributed by atoms with Crippen molar-refractivity contribution in [2.24, 2.45) is 13.0 Å². The van der Waals surface area contributed by atoms with E-state index in [1.165, 1.54) is 17.6 Å². The molecule has 1 fully saturated rings. The predicted octanol–water partition coefficient (Wildman–Crippen LogP) is 0.156. The second-order valence-electron chi connectivity index (χ2n) is 4.55. The number of tetrazole rings is 1. The number of nitrogens with zero attached hydrogens (tertiary/aromatic N) is 4. The van der Waals surface area contributed by atoms with Gasteiger partial charge in [0.1, 0.15) is 0 Å². The number of rotatable bonds is 7. The summed E-state index contributed by atoms with van der Waals surface area (Å²) in [6.45, 7) is 2.80. The van der Waals surface area contributed by atoms with Crippen molar-refractivity contribution in [2.45, 2.75) is 38.3 Å². The third-order valence-electron chi connectivity index (χ3n) is 3.17. The van der Waals surface area contributed by atoms with Gasteiger partial charge in [-0.05, 0) is 37.9 Å². The first-order valence-electron chi connectivity index (χ1n) is 6.26. The summed E-state index contributed by atoms with van der Waals surface area (Å²) in [6, 6.07) is 0.270. The Kier molecular flexibility index (Phi) is 4.06. The minimum Gasteiger partial charge on any atom is -0.377 e. The van der Waals surface area contributed by atoms with Gasteiger partial charge < -0.3 is 10.1 Å². The largest absolute Gasteiger partial charge is 0.377 e. The average molecular weight is 239 g/mol. The molecule has 6 nitrogen and oxygen atoms in total. The summed E-state index contributed by atoms with van der Waals surface area (Å²) < 4.78 is 5.85. The Morgan fingerprint density at radius 1 is 1.53 bits per heavy atom. The van der Waals surface area contributed by atoms with Crippen LogP contribution in [-0.4, -0.2) is 46.0 Å². The fraction of sp³-hybridized carbons (Fsp3) is 0.909. The molecule has 0 saturated heterocycles. The molecule has 2 unspecified atom stereocenters. The molecule has 0 amide bonds. The number of hydrogen-bond donors (Lipinski definition) is 1. The second kappa shape index (κ2) is 5.55. The lowest BCUT2D eigenvalue weighted by molar-refractivity contribution is 0.0206. The highest BCUT2D eigenvalue weighted by atomic mass is 16.5. The van der Waals surface area contributed by atoms with E-state index < -0.39 is 0 Å². The fourth-order valence-electron chi connectivity index (χ4n) is 2.18. The SMILES string of the molecule is CCOC(C1CC1)C(Cc1nnn(C)n1)NC. The van der Waals surface area contributed by atoms with Crippen LogP contribution in [-0.2, 0) is 18.2 Å². The van der Waals surface area contributed by atoms with Crippen molar-refractivity contribution in [2.75, 3.05) is 13.7 Å². The Morgan fingerprint density at radius 3 is 2.76 bits per heavy atom. The third kappa shape index (κ3) is 3.23. The minimum absolute atomic E-state index is 0.270. The van der Waals surface area contributed by atoms with Crippen LogP contribution in [0.25, 0.3) is 0 Å². The molecule has 1 heterocycles. The van der Waals surface area contributed by atoms with Crippen LogP contribution in [0, 0.1) is 5.92 Å². The van der Waals surface area contributed by atoms with Crippen molar-refractivity contribution < 1.29 is 4.74 Å². The van der Waals surface area contributed by atoms with Crippen molar-refractivity contribution in [1.82, 2.24) is 25.5 Å². The van der Waals surface area contributed by atoms with E-state index in [-0.39, 0.29) is 12.1 Å². The van der Waals surface area contributed by atoms with Crippen LogP contribution < -0.4 is 5.32 Å². The summed E-state index contributed by atoms with van der Waals surface area (Å²) in [4.78, 5) is 1.49. The molecule has 1 aromatic heterocycles. The summed E-state index contributed by atoms with van der Waals surface area (Å²) in [6.07, 6.45) is 3.59. The lowest BCUT2D eigenvalue weighted by atomic mass is 10.0. The topological polar surface area (TPSA) is 64.9 Å². The Hall–Kier alpha value is -1.01. The average Bonchev–Trinajstić information content (AvgIpc) is 3.07. The van der Waals surface area contributed by atoms with Crippen LogP contribution in [0.5, 0.6) is 0 Å². The van der Waals surface area contributed by atoms with Crippen molar-refractivity contribution in [3.63, 3.8) is 0 Å². The first-order chi connectivity index (χ1) is 8.24. The summed E-state index contributed by atoms with van der Waals surface area (Å²) in [5.41, 5.74) is 0. The number of nitrogens with one attached hydrogen (secondary N) is 1. The van der Waals surface area contributed by atoms with Crippen molar-refractivity contribution in [3.05, 3.63) is 5.82 Å². The van der Waals surface area contributed by atoms with Crippen LogP contribution in [0.3, 0.4) is 0 Å². The van der Waals surface area contributed by atoms with Crippen molar-refractivity contribution in [1.29, 1.82) is 0 Å². The molecule has 1 aliphatic rings. The molecule has 1 aromatic rings. The molecule has 1 aliphatic carbocycles. The Labute approximate surface area is 102 Å². The highest BCUT2D eigenvalue weighted by molar-refractivity contribution is 4.95. The quantitative estimate of drug-likeness (QED) is 0.734. The zero-order valence-electron chi connectivity index (χ0n) is 10.8. The lowest BCUT2D eigenvalue weighted by Gasteiger charge is -2.25. The third-order valence-corrected chi connectivity index (χ3v) is 3.17. The molecule has 2 atom stereocenters. The van der Waals surface area contributed by atoms with Crippen LogP contribution in [0.1, 0.15) is 25.6 Å². The summed E-state index contributed by atoms with van der Waals surface area (Å²) in [5, 5.41) is 15.4. The van der Waals surface area contributed by atoms with E-state index in [1.54, 1.807) is 7.05 Å². The van der Waals surface area contributed by atoms with Crippen molar-refractivity contribution in [3.8, 4) is 0 Å². The summed E-state index contributed by atoms with van der Waals surface area (Å²) in [7, 11) is 3.75. The predicted molar refractivity (Wildman–Crippen MR) is 63.5 cm³/mol. The molecule has 0 aromatic carbocycles. The van der Waals surface area contributed by atoms with Gasteiger partial charge in [0.15, 0.2) is 5.82 Å². The van der Waals surface area contributed by atoms with Gasteiger partial charge in [-0.15, -0.1) is 10.2 Å². The molecule has 1 N–H and O–H groups in total. The van der Waals surface area contributed by atoms with E-state index in [0.29, 0.717) is 5.92 Å². The fourth-order valence-corrected chi connectivity index (χ4v) is 2.18. The van der Waals surface area contributed by atoms with Gasteiger partial charge in [-0.2, -0.15) is 4.80 Å². The van der Waals surface area contributed by atoms with Gasteiger partial charge in [0, 0.05) is 19.1 Å². The van der Waals surface area contributed by atoms with E-state index in [9.17, 15) is 0 Å². The molecule has 1 saturated carbocycles. The van der Waals surface area contributed by atoms with Gasteiger partial charge in [-0.3, -0.25) is 0 Å². The monoisotopic (exact) mass is 239 g/mol. The van der Waals surface area contributed by atoms with Gasteiger partial charge in [0.05, 0.1) is 13.2 Å². The highest BCUT2D eigenvalue weighted by Crippen LogP contribution is 2.36. The standard InChI is InChI=1S/C11H21N5O/c1-4-17-11(8-5-6-8)9(12-2)7-10-13-15-16(3)14-10/h8-9,11-12H,4-7H2,1-3H3. The van der Waals surface area contributed by atoms with E-state index in [2.05, 4.69) is 20.7 Å². The molecule has 2 rings (SSSR count). The normalized spacial score (nSPS) is 19.2. The Morgan fingerprint density at radius 2 is 2.29 bits per heavy atom. The number of aromatic nitrogens is 4. The molecule has 96 valence electrons. The van der Waals surface area contributed by atoms with Gasteiger partial charge in [0.25, 0.3) is 0 Å². The van der Waals surface area contributed by atoms with Crippen LogP contribution >= 0.6 is 0 Å². The molecule has 0 radical (unpaired) electrons. The molecule has 0 spiro atoms. The number of ether oxygens (including phenoxy) is 1. The lowest BCUT2D eigenvalue weighted by Crippen LogP contribution is -2.42. The molecular weight excluding hydrogens is 218 g/mol. The number of aryl methyl sites for hydroxylation is 1. The Bertz CT molecular complexity index is 349. The molecule has 6 heteroatoms. The van der Waals surface area contributed by atoms with Crippen molar-refractivity contribution >= 4 is 0 Å². The maximum atomic E-state index is 5.85. The molecule has 0 aliphatic heterocycles. The second-order valence-corrected chi connectivity index (χ2v) is 4.55. The van der Waals surface area contributed by atoms with E-state index in [4.69, 9.17) is 4.74 Å². The number of likely N-dealkylation sites (N-methyl/N-ethyl adjacent to an activating group) is 1. The van der Waals surface area contributed by atoms with Gasteiger partial charge in [0.2, 0.25) is 0 Å². The van der Waals surface area contributed by atoms with E-state index >= 15 is 0 Å². The highest BCUT2D eigenvalue weighted by Gasteiger charge is 2.37. The molecule has 0 bridgehead atoms. The maximum Gasteiger partial charge on any atom is 0.176 e. The summed E-state index contributed by atoms with van der Waals surface area (Å²) in [5.74, 6) is 1.47. The van der Waals surface area contributed by atoms with E-state index in [1.807, 2.05) is 14.0 Å².